The Bertz CT molecular complexity index is 281. The second-order valence-electron chi connectivity index (χ2n) is 2.26. The Balaban J connectivity index is 0. The monoisotopic (exact) mass is 294 g/mol. The van der Waals surface area contributed by atoms with Crippen molar-refractivity contribution in [2.45, 2.75) is 0 Å². The molecule has 0 fully saturated rings. The summed E-state index contributed by atoms with van der Waals surface area (Å²) in [7, 11) is 0. The van der Waals surface area contributed by atoms with Crippen LogP contribution in [0.4, 0.5) is 0 Å². The fourth-order valence-corrected chi connectivity index (χ4v) is 1.06. The standard InChI is InChI=1S/C10H7.CH3.HI.Mg/c1-2-6-10-8-4-3-7-9(10)5-1;;;/h1-7H;1H3;1H;/q2*-1;;+2. The number of benzene rings is 2. The number of hydrogen-bond donors (Lipinski definition) is 0. The molecular formula is C11H11IMg. The van der Waals surface area contributed by atoms with Crippen molar-refractivity contribution in [1.29, 1.82) is 0 Å². The van der Waals surface area contributed by atoms with Crippen LogP contribution >= 0.6 is 24.0 Å². The zero-order valence-corrected chi connectivity index (χ0v) is 11.4. The van der Waals surface area contributed by atoms with Crippen molar-refractivity contribution in [3.63, 3.8) is 0 Å². The van der Waals surface area contributed by atoms with Gasteiger partial charge in [-0.25, -0.2) is 0 Å². The van der Waals surface area contributed by atoms with Crippen molar-refractivity contribution >= 4 is 57.8 Å². The van der Waals surface area contributed by atoms with Gasteiger partial charge in [-0.1, -0.05) is 12.1 Å². The van der Waals surface area contributed by atoms with Crippen molar-refractivity contribution < 1.29 is 0 Å². The number of hydrogen-bond acceptors (Lipinski definition) is 0. The van der Waals surface area contributed by atoms with Gasteiger partial charge < -0.3 is 7.43 Å². The Morgan fingerprint density at radius 1 is 0.923 bits per heavy atom. The van der Waals surface area contributed by atoms with E-state index in [-0.39, 0.29) is 54.5 Å². The van der Waals surface area contributed by atoms with E-state index in [1.165, 1.54) is 10.8 Å². The molecule has 0 aromatic heterocycles. The second-order valence-corrected chi connectivity index (χ2v) is 2.26. The molecule has 64 valence electrons. The Labute approximate surface area is 113 Å². The minimum Gasteiger partial charge on any atom is -0.358 e. The van der Waals surface area contributed by atoms with E-state index in [0.29, 0.717) is 0 Å². The molecule has 0 saturated heterocycles. The molecular weight excluding hydrogens is 283 g/mol. The van der Waals surface area contributed by atoms with E-state index in [1.807, 2.05) is 24.3 Å². The van der Waals surface area contributed by atoms with Crippen molar-refractivity contribution in [1.82, 2.24) is 0 Å². The third-order valence-electron chi connectivity index (χ3n) is 1.57. The largest absolute Gasteiger partial charge is 2.00 e. The summed E-state index contributed by atoms with van der Waals surface area (Å²) < 4.78 is 0. The topological polar surface area (TPSA) is 0 Å². The maximum Gasteiger partial charge on any atom is 2.00 e. The molecule has 2 rings (SSSR count). The van der Waals surface area contributed by atoms with E-state index in [0.717, 1.165) is 0 Å². The third kappa shape index (κ3) is 3.83. The molecule has 0 unspecified atom stereocenters. The Morgan fingerprint density at radius 3 is 2.23 bits per heavy atom. The quantitative estimate of drug-likeness (QED) is 0.397. The fourth-order valence-electron chi connectivity index (χ4n) is 1.06. The summed E-state index contributed by atoms with van der Waals surface area (Å²) in [5, 5.41) is 2.44. The Kier molecular flexibility index (Phi) is 9.14. The van der Waals surface area contributed by atoms with Crippen LogP contribution in [0.3, 0.4) is 0 Å². The molecule has 0 spiro atoms. The molecule has 2 aromatic rings. The van der Waals surface area contributed by atoms with Gasteiger partial charge in [-0.2, -0.15) is 0 Å². The molecule has 0 N–H and O–H groups in total. The molecule has 2 aromatic carbocycles. The van der Waals surface area contributed by atoms with Crippen LogP contribution < -0.4 is 0 Å². The van der Waals surface area contributed by atoms with Crippen molar-refractivity contribution in [2.75, 3.05) is 0 Å². The molecule has 2 heteroatoms. The van der Waals surface area contributed by atoms with Crippen LogP contribution in [-0.2, 0) is 0 Å². The van der Waals surface area contributed by atoms with Crippen LogP contribution in [0, 0.1) is 13.5 Å². The first-order valence-corrected chi connectivity index (χ1v) is 3.32. The molecule has 0 heterocycles. The van der Waals surface area contributed by atoms with Crippen LogP contribution in [-0.4, -0.2) is 23.1 Å². The summed E-state index contributed by atoms with van der Waals surface area (Å²) in [5.74, 6) is 0. The predicted molar refractivity (Wildman–Crippen MR) is 70.4 cm³/mol. The zero-order chi connectivity index (χ0) is 6.81. The number of halogens is 1. The first kappa shape index (κ1) is 15.7. The van der Waals surface area contributed by atoms with Gasteiger partial charge in [-0.05, 0) is 0 Å². The molecule has 0 amide bonds. The van der Waals surface area contributed by atoms with Gasteiger partial charge >= 0.3 is 23.1 Å². The van der Waals surface area contributed by atoms with Gasteiger partial charge in [0, 0.05) is 0 Å². The maximum atomic E-state index is 3.15. The predicted octanol–water partition coefficient (Wildman–Crippen LogP) is 3.33. The third-order valence-corrected chi connectivity index (χ3v) is 1.57. The summed E-state index contributed by atoms with van der Waals surface area (Å²) in [4.78, 5) is 0. The Hall–Kier alpha value is 0.196. The molecule has 0 aliphatic rings. The minimum absolute atomic E-state index is 0. The molecule has 13 heavy (non-hydrogen) atoms. The van der Waals surface area contributed by atoms with Crippen LogP contribution in [0.25, 0.3) is 10.8 Å². The summed E-state index contributed by atoms with van der Waals surface area (Å²) >= 11 is 0. The average Bonchev–Trinajstić information content (AvgIpc) is 2.05. The Morgan fingerprint density at radius 2 is 1.54 bits per heavy atom. The molecule has 0 saturated carbocycles. The van der Waals surface area contributed by atoms with E-state index in [9.17, 15) is 0 Å². The van der Waals surface area contributed by atoms with E-state index in [2.05, 4.69) is 24.3 Å². The smallest absolute Gasteiger partial charge is 0.358 e. The summed E-state index contributed by atoms with van der Waals surface area (Å²) in [6.45, 7) is 0. The normalized spacial score (nSPS) is 7.69. The van der Waals surface area contributed by atoms with E-state index < -0.39 is 0 Å². The van der Waals surface area contributed by atoms with Crippen molar-refractivity contribution in [2.24, 2.45) is 0 Å². The van der Waals surface area contributed by atoms with Crippen LogP contribution in [0.1, 0.15) is 0 Å². The van der Waals surface area contributed by atoms with Gasteiger partial charge in [-0.3, -0.25) is 0 Å². The van der Waals surface area contributed by atoms with Crippen LogP contribution in [0.5, 0.6) is 0 Å². The molecule has 0 aliphatic heterocycles. The number of fused-ring (bicyclic) bond motifs is 1. The summed E-state index contributed by atoms with van der Waals surface area (Å²) in [6.07, 6.45) is 0. The molecule has 0 nitrogen and oxygen atoms in total. The van der Waals surface area contributed by atoms with Crippen molar-refractivity contribution in [3.8, 4) is 0 Å². The number of rotatable bonds is 0. The molecule has 0 radical (unpaired) electrons. The zero-order valence-electron chi connectivity index (χ0n) is 7.66. The van der Waals surface area contributed by atoms with Crippen molar-refractivity contribution in [3.05, 3.63) is 56.0 Å². The van der Waals surface area contributed by atoms with Gasteiger partial charge in [0.05, 0.1) is 0 Å². The van der Waals surface area contributed by atoms with Gasteiger partial charge in [0.2, 0.25) is 0 Å². The first-order chi connectivity index (χ1) is 4.97. The summed E-state index contributed by atoms with van der Waals surface area (Å²) in [5.41, 5.74) is 0. The fraction of sp³-hybridized carbons (Fsp3) is 0. The van der Waals surface area contributed by atoms with Gasteiger partial charge in [0.25, 0.3) is 0 Å². The maximum absolute atomic E-state index is 3.15. The minimum atomic E-state index is 0. The second kappa shape index (κ2) is 7.59. The van der Waals surface area contributed by atoms with E-state index >= 15 is 0 Å². The first-order valence-electron chi connectivity index (χ1n) is 3.32. The molecule has 0 bridgehead atoms. The van der Waals surface area contributed by atoms with Gasteiger partial charge in [-0.15, -0.1) is 71.1 Å². The van der Waals surface area contributed by atoms with E-state index in [4.69, 9.17) is 0 Å². The summed E-state index contributed by atoms with van der Waals surface area (Å²) in [6, 6.07) is 17.4. The molecule has 0 atom stereocenters. The van der Waals surface area contributed by atoms with Crippen LogP contribution in [0.15, 0.2) is 42.5 Å². The molecule has 0 aliphatic carbocycles. The van der Waals surface area contributed by atoms with Gasteiger partial charge in [0.1, 0.15) is 0 Å². The van der Waals surface area contributed by atoms with E-state index in [1.54, 1.807) is 0 Å². The SMILES string of the molecule is I.[CH3-].[Mg+2].[c-]1cccc2ccccc12. The van der Waals surface area contributed by atoms with Gasteiger partial charge in [0.15, 0.2) is 0 Å². The average molecular weight is 294 g/mol. The van der Waals surface area contributed by atoms with Crippen LogP contribution in [0.2, 0.25) is 0 Å².